The van der Waals surface area contributed by atoms with Crippen LogP contribution in [-0.2, 0) is 6.61 Å². The third-order valence-corrected chi connectivity index (χ3v) is 2.62. The van der Waals surface area contributed by atoms with E-state index in [9.17, 15) is 8.78 Å². The van der Waals surface area contributed by atoms with Crippen molar-refractivity contribution in [2.45, 2.75) is 6.61 Å². The van der Waals surface area contributed by atoms with Crippen molar-refractivity contribution in [1.82, 2.24) is 0 Å². The summed E-state index contributed by atoms with van der Waals surface area (Å²) in [6.07, 6.45) is 0. The van der Waals surface area contributed by atoms with E-state index in [-0.39, 0.29) is 18.3 Å². The van der Waals surface area contributed by atoms with Crippen LogP contribution >= 0.6 is 11.6 Å². The highest BCUT2D eigenvalue weighted by Crippen LogP contribution is 2.17. The lowest BCUT2D eigenvalue weighted by Gasteiger charge is -2.07. The van der Waals surface area contributed by atoms with E-state index in [1.54, 1.807) is 18.2 Å². The van der Waals surface area contributed by atoms with Crippen LogP contribution in [0, 0.1) is 23.5 Å². The minimum absolute atomic E-state index is 0.183. The summed E-state index contributed by atoms with van der Waals surface area (Å²) in [6, 6.07) is 10.1. The molecule has 20 heavy (non-hydrogen) atoms. The number of hydrogen-bond acceptors (Lipinski definition) is 1. The molecule has 102 valence electrons. The van der Waals surface area contributed by atoms with Gasteiger partial charge < -0.3 is 4.74 Å². The van der Waals surface area contributed by atoms with Crippen molar-refractivity contribution >= 4 is 11.6 Å². The fraction of sp³-hybridized carbons (Fsp3) is 0.125. The maximum Gasteiger partial charge on any atom is 0.128 e. The monoisotopic (exact) mass is 292 g/mol. The molecular weight excluding hydrogens is 282 g/mol. The number of rotatable bonds is 3. The Hall–Kier alpha value is -2.05. The van der Waals surface area contributed by atoms with Crippen molar-refractivity contribution in [3.63, 3.8) is 0 Å². The molecule has 2 aromatic carbocycles. The van der Waals surface area contributed by atoms with Gasteiger partial charge >= 0.3 is 0 Å². The largest absolute Gasteiger partial charge is 0.489 e. The number of alkyl halides is 1. The predicted molar refractivity (Wildman–Crippen MR) is 74.7 cm³/mol. The molecule has 0 heterocycles. The van der Waals surface area contributed by atoms with Gasteiger partial charge in [0.2, 0.25) is 0 Å². The van der Waals surface area contributed by atoms with Crippen molar-refractivity contribution < 1.29 is 13.5 Å². The smallest absolute Gasteiger partial charge is 0.128 e. The molecule has 0 saturated heterocycles. The molecule has 0 fully saturated rings. The molecule has 0 bridgehead atoms. The summed E-state index contributed by atoms with van der Waals surface area (Å²) < 4.78 is 31.6. The molecule has 0 aliphatic carbocycles. The molecule has 2 aromatic rings. The second-order valence-electron chi connectivity index (χ2n) is 4.03. The van der Waals surface area contributed by atoms with Crippen LogP contribution in [-0.4, -0.2) is 5.88 Å². The lowest BCUT2D eigenvalue weighted by atomic mass is 10.2. The third-order valence-electron chi connectivity index (χ3n) is 2.49. The zero-order valence-corrected chi connectivity index (χ0v) is 11.3. The summed E-state index contributed by atoms with van der Waals surface area (Å²) in [7, 11) is 0. The van der Waals surface area contributed by atoms with Gasteiger partial charge in [-0.3, -0.25) is 0 Å². The summed E-state index contributed by atoms with van der Waals surface area (Å²) in [5.41, 5.74) is 1.30. The molecule has 0 aromatic heterocycles. The summed E-state index contributed by atoms with van der Waals surface area (Å²) in [6.45, 7) is 0.228. The zero-order valence-electron chi connectivity index (χ0n) is 10.5. The molecule has 0 radical (unpaired) electrons. The minimum atomic E-state index is -0.430. The quantitative estimate of drug-likeness (QED) is 0.610. The Morgan fingerprint density at radius 2 is 1.75 bits per heavy atom. The molecule has 1 nitrogen and oxygen atoms in total. The van der Waals surface area contributed by atoms with Crippen LogP contribution < -0.4 is 4.74 Å². The van der Waals surface area contributed by atoms with E-state index in [0.717, 1.165) is 5.56 Å². The molecule has 2 rings (SSSR count). The van der Waals surface area contributed by atoms with Gasteiger partial charge in [-0.15, -0.1) is 11.6 Å². The molecule has 4 heteroatoms. The van der Waals surface area contributed by atoms with Gasteiger partial charge in [0.1, 0.15) is 24.0 Å². The van der Waals surface area contributed by atoms with Gasteiger partial charge in [0.25, 0.3) is 0 Å². The van der Waals surface area contributed by atoms with E-state index in [2.05, 4.69) is 11.8 Å². The van der Waals surface area contributed by atoms with E-state index in [4.69, 9.17) is 16.3 Å². The zero-order chi connectivity index (χ0) is 14.4. The second kappa shape index (κ2) is 6.93. The van der Waals surface area contributed by atoms with Crippen LogP contribution in [0.25, 0.3) is 0 Å². The van der Waals surface area contributed by atoms with Crippen LogP contribution in [0.5, 0.6) is 5.75 Å². The van der Waals surface area contributed by atoms with Crippen LogP contribution in [0.1, 0.15) is 11.1 Å². The van der Waals surface area contributed by atoms with Crippen molar-refractivity contribution in [3.05, 3.63) is 65.2 Å². The Balaban J connectivity index is 2.09. The second-order valence-corrected chi connectivity index (χ2v) is 4.29. The number of benzene rings is 2. The first-order valence-corrected chi connectivity index (χ1v) is 6.43. The third kappa shape index (κ3) is 4.25. The van der Waals surface area contributed by atoms with Crippen LogP contribution in [0.2, 0.25) is 0 Å². The van der Waals surface area contributed by atoms with E-state index in [1.165, 1.54) is 24.3 Å². The van der Waals surface area contributed by atoms with E-state index < -0.39 is 5.82 Å². The van der Waals surface area contributed by atoms with Crippen molar-refractivity contribution in [3.8, 4) is 17.6 Å². The molecule has 0 amide bonds. The molecule has 0 aliphatic rings. The minimum Gasteiger partial charge on any atom is -0.489 e. The topological polar surface area (TPSA) is 9.23 Å². The van der Waals surface area contributed by atoms with Gasteiger partial charge in [-0.25, -0.2) is 8.78 Å². The lowest BCUT2D eigenvalue weighted by molar-refractivity contribution is 0.304. The highest BCUT2D eigenvalue weighted by molar-refractivity contribution is 6.19. The van der Waals surface area contributed by atoms with Gasteiger partial charge in [-0.1, -0.05) is 24.0 Å². The van der Waals surface area contributed by atoms with Gasteiger partial charge in [0.05, 0.1) is 5.88 Å². The maximum atomic E-state index is 13.4. The van der Waals surface area contributed by atoms with Crippen LogP contribution in [0.3, 0.4) is 0 Å². The average molecular weight is 293 g/mol. The van der Waals surface area contributed by atoms with E-state index >= 15 is 0 Å². The first-order chi connectivity index (χ1) is 9.67. The number of halogens is 3. The SMILES string of the molecule is Fc1ccc(COc2cc(F)cc(C#CCCl)c2)cc1. The summed E-state index contributed by atoms with van der Waals surface area (Å²) in [5, 5.41) is 0. The van der Waals surface area contributed by atoms with E-state index in [1.807, 2.05) is 0 Å². The molecule has 0 saturated carbocycles. The maximum absolute atomic E-state index is 13.4. The van der Waals surface area contributed by atoms with Gasteiger partial charge in [-0.2, -0.15) is 0 Å². The first-order valence-electron chi connectivity index (χ1n) is 5.90. The fourth-order valence-corrected chi connectivity index (χ4v) is 1.67. The standard InChI is InChI=1S/C16H11ClF2O/c17-7-1-2-13-8-15(19)10-16(9-13)20-11-12-3-5-14(18)6-4-12/h3-6,8-10H,7,11H2. The van der Waals surface area contributed by atoms with E-state index in [0.29, 0.717) is 11.3 Å². The Kier molecular flexibility index (Phi) is 4.97. The van der Waals surface area contributed by atoms with Crippen molar-refractivity contribution in [2.75, 3.05) is 5.88 Å². The molecule has 0 spiro atoms. The van der Waals surface area contributed by atoms with Gasteiger partial charge in [0, 0.05) is 11.6 Å². The normalized spacial score (nSPS) is 9.75. The Morgan fingerprint density at radius 3 is 2.45 bits per heavy atom. The van der Waals surface area contributed by atoms with Gasteiger partial charge in [-0.05, 0) is 29.8 Å². The van der Waals surface area contributed by atoms with Gasteiger partial charge in [0.15, 0.2) is 0 Å². The van der Waals surface area contributed by atoms with Crippen molar-refractivity contribution in [1.29, 1.82) is 0 Å². The Bertz CT molecular complexity index is 642. The van der Waals surface area contributed by atoms with Crippen LogP contribution in [0.15, 0.2) is 42.5 Å². The molecule has 0 atom stereocenters. The number of hydrogen-bond donors (Lipinski definition) is 0. The summed E-state index contributed by atoms with van der Waals surface area (Å²) in [5.74, 6) is 5.19. The molecule has 0 unspecified atom stereocenters. The Morgan fingerprint density at radius 1 is 1.00 bits per heavy atom. The number of ether oxygens (including phenoxy) is 1. The molecule has 0 aliphatic heterocycles. The highest BCUT2D eigenvalue weighted by atomic mass is 35.5. The summed E-state index contributed by atoms with van der Waals surface area (Å²) in [4.78, 5) is 0. The summed E-state index contributed by atoms with van der Waals surface area (Å²) >= 11 is 5.46. The Labute approximate surface area is 121 Å². The lowest BCUT2D eigenvalue weighted by Crippen LogP contribution is -1.96. The van der Waals surface area contributed by atoms with Crippen molar-refractivity contribution in [2.24, 2.45) is 0 Å². The molecule has 0 N–H and O–H groups in total. The van der Waals surface area contributed by atoms with Crippen LogP contribution in [0.4, 0.5) is 8.78 Å². The fourth-order valence-electron chi connectivity index (χ4n) is 1.60. The first kappa shape index (κ1) is 14.4. The molecular formula is C16H11ClF2O. The average Bonchev–Trinajstić information content (AvgIpc) is 2.44. The predicted octanol–water partition coefficient (Wildman–Crippen LogP) is 4.13. The highest BCUT2D eigenvalue weighted by Gasteiger charge is 2.01.